The summed E-state index contributed by atoms with van der Waals surface area (Å²) in [5.41, 5.74) is 1.63. The Labute approximate surface area is 160 Å². The summed E-state index contributed by atoms with van der Waals surface area (Å²) < 4.78 is 5.45. The zero-order chi connectivity index (χ0) is 19.8. The van der Waals surface area contributed by atoms with Crippen molar-refractivity contribution >= 4 is 34.4 Å². The molecule has 2 aliphatic heterocycles. The number of nitrogens with zero attached hydrogens (tertiary/aromatic N) is 2. The van der Waals surface area contributed by atoms with Crippen LogP contribution in [-0.4, -0.2) is 35.9 Å². The van der Waals surface area contributed by atoms with Crippen LogP contribution in [0.4, 0.5) is 5.69 Å². The van der Waals surface area contributed by atoms with Gasteiger partial charge >= 0.3 is 11.6 Å². The highest BCUT2D eigenvalue weighted by Crippen LogP contribution is 2.27. The number of benzene rings is 1. The molecule has 1 aromatic carbocycles. The van der Waals surface area contributed by atoms with Gasteiger partial charge in [0.2, 0.25) is 0 Å². The smallest absolute Gasteiger partial charge is 0.340 e. The van der Waals surface area contributed by atoms with Gasteiger partial charge in [-0.3, -0.25) is 9.59 Å². The number of hydrogen-bond donors (Lipinski definition) is 0. The molecule has 0 N–H and O–H groups in total. The van der Waals surface area contributed by atoms with E-state index in [0.717, 1.165) is 37.0 Å². The maximum Gasteiger partial charge on any atom is 0.340 e. The maximum atomic E-state index is 12.5. The lowest BCUT2D eigenvalue weighted by Crippen LogP contribution is -2.33. The molecular formula is C20H20N2O6. The molecule has 8 nitrogen and oxygen atoms in total. The third-order valence-electron chi connectivity index (χ3n) is 5.26. The van der Waals surface area contributed by atoms with Crippen LogP contribution in [0.2, 0.25) is 0 Å². The summed E-state index contributed by atoms with van der Waals surface area (Å²) in [6.07, 6.45) is 1.94. The van der Waals surface area contributed by atoms with Crippen molar-refractivity contribution in [3.05, 3.63) is 39.7 Å². The van der Waals surface area contributed by atoms with Crippen LogP contribution in [0.15, 0.2) is 27.4 Å². The van der Waals surface area contributed by atoms with Crippen LogP contribution in [0, 0.1) is 6.92 Å². The lowest BCUT2D eigenvalue weighted by molar-refractivity contribution is -0.197. The molecule has 2 aliphatic rings. The third kappa shape index (κ3) is 3.26. The van der Waals surface area contributed by atoms with Crippen LogP contribution in [0.5, 0.6) is 0 Å². The molecular weight excluding hydrogens is 364 g/mol. The van der Waals surface area contributed by atoms with Gasteiger partial charge in [-0.15, -0.1) is 5.06 Å². The van der Waals surface area contributed by atoms with E-state index < -0.39 is 23.4 Å². The Morgan fingerprint density at radius 2 is 1.79 bits per heavy atom. The molecule has 0 unspecified atom stereocenters. The number of fused-ring (bicyclic) bond motifs is 1. The van der Waals surface area contributed by atoms with Crippen LogP contribution in [0.3, 0.4) is 0 Å². The Bertz CT molecular complexity index is 1020. The molecule has 28 heavy (non-hydrogen) atoms. The maximum absolute atomic E-state index is 12.5. The van der Waals surface area contributed by atoms with Gasteiger partial charge in [0, 0.05) is 43.1 Å². The Hall–Kier alpha value is -3.16. The van der Waals surface area contributed by atoms with Crippen LogP contribution in [0.25, 0.3) is 11.0 Å². The highest BCUT2D eigenvalue weighted by Gasteiger charge is 2.33. The normalized spacial score (nSPS) is 17.0. The average molecular weight is 384 g/mol. The minimum absolute atomic E-state index is 0.0165. The zero-order valence-electron chi connectivity index (χ0n) is 15.5. The second-order valence-corrected chi connectivity index (χ2v) is 7.09. The summed E-state index contributed by atoms with van der Waals surface area (Å²) in [5, 5.41) is 1.21. The van der Waals surface area contributed by atoms with E-state index in [1.165, 1.54) is 0 Å². The first-order valence-corrected chi connectivity index (χ1v) is 9.32. The lowest BCUT2D eigenvalue weighted by Gasteiger charge is -2.18. The fourth-order valence-electron chi connectivity index (χ4n) is 3.70. The molecule has 2 saturated heterocycles. The van der Waals surface area contributed by atoms with Crippen molar-refractivity contribution in [2.75, 3.05) is 18.0 Å². The SMILES string of the molecule is Cc1c(CC(=O)ON2C(=O)CCC2=O)c(=O)oc2cc(N3CCCC3)ccc12. The molecule has 146 valence electrons. The molecule has 0 saturated carbocycles. The molecule has 0 spiro atoms. The van der Waals surface area contributed by atoms with E-state index in [9.17, 15) is 19.2 Å². The van der Waals surface area contributed by atoms with Gasteiger partial charge in [0.25, 0.3) is 11.8 Å². The summed E-state index contributed by atoms with van der Waals surface area (Å²) in [6.45, 7) is 3.70. The van der Waals surface area contributed by atoms with Crippen molar-refractivity contribution in [2.24, 2.45) is 0 Å². The van der Waals surface area contributed by atoms with Gasteiger partial charge in [-0.25, -0.2) is 9.59 Å². The van der Waals surface area contributed by atoms with E-state index in [4.69, 9.17) is 9.25 Å². The molecule has 2 fully saturated rings. The Morgan fingerprint density at radius 1 is 1.11 bits per heavy atom. The largest absolute Gasteiger partial charge is 0.422 e. The fraction of sp³-hybridized carbons (Fsp3) is 0.400. The molecule has 0 radical (unpaired) electrons. The van der Waals surface area contributed by atoms with Crippen molar-refractivity contribution in [2.45, 2.75) is 39.0 Å². The minimum atomic E-state index is -0.855. The predicted octanol–water partition coefficient (Wildman–Crippen LogP) is 1.85. The summed E-state index contributed by atoms with van der Waals surface area (Å²) >= 11 is 0. The Balaban J connectivity index is 1.59. The van der Waals surface area contributed by atoms with Gasteiger partial charge < -0.3 is 14.2 Å². The summed E-state index contributed by atoms with van der Waals surface area (Å²) in [4.78, 5) is 54.9. The highest BCUT2D eigenvalue weighted by molar-refractivity contribution is 6.01. The highest BCUT2D eigenvalue weighted by atomic mass is 16.7. The van der Waals surface area contributed by atoms with Gasteiger partial charge in [-0.2, -0.15) is 0 Å². The topological polar surface area (TPSA) is 97.1 Å². The Kier molecular flexibility index (Phi) is 4.62. The number of hydroxylamine groups is 2. The third-order valence-corrected chi connectivity index (χ3v) is 5.26. The molecule has 3 heterocycles. The number of imide groups is 1. The molecule has 0 bridgehead atoms. The lowest BCUT2D eigenvalue weighted by atomic mass is 10.0. The number of aryl methyl sites for hydroxylation is 1. The van der Waals surface area contributed by atoms with E-state index in [1.54, 1.807) is 6.92 Å². The summed E-state index contributed by atoms with van der Waals surface area (Å²) in [6, 6.07) is 5.70. The molecule has 4 rings (SSSR count). The zero-order valence-corrected chi connectivity index (χ0v) is 15.5. The molecule has 2 aromatic rings. The summed E-state index contributed by atoms with van der Waals surface area (Å²) in [5.74, 6) is -1.97. The number of hydrogen-bond acceptors (Lipinski definition) is 7. The van der Waals surface area contributed by atoms with E-state index in [1.807, 2.05) is 18.2 Å². The van der Waals surface area contributed by atoms with E-state index in [2.05, 4.69) is 4.90 Å². The molecule has 2 amide bonds. The number of carbonyl (C=O) groups excluding carboxylic acids is 3. The van der Waals surface area contributed by atoms with Crippen molar-refractivity contribution in [3.63, 3.8) is 0 Å². The number of amides is 2. The van der Waals surface area contributed by atoms with Crippen LogP contribution >= 0.6 is 0 Å². The van der Waals surface area contributed by atoms with Gasteiger partial charge in [-0.05, 0) is 37.5 Å². The van der Waals surface area contributed by atoms with Crippen molar-refractivity contribution < 1.29 is 23.6 Å². The molecule has 1 aromatic heterocycles. The number of rotatable bonds is 4. The average Bonchev–Trinajstić information content (AvgIpc) is 3.31. The molecule has 0 atom stereocenters. The number of carbonyl (C=O) groups is 3. The van der Waals surface area contributed by atoms with Crippen molar-refractivity contribution in [1.82, 2.24) is 5.06 Å². The van der Waals surface area contributed by atoms with E-state index in [-0.39, 0.29) is 24.8 Å². The summed E-state index contributed by atoms with van der Waals surface area (Å²) in [7, 11) is 0. The van der Waals surface area contributed by atoms with Crippen molar-refractivity contribution in [1.29, 1.82) is 0 Å². The Morgan fingerprint density at radius 3 is 2.46 bits per heavy atom. The monoisotopic (exact) mass is 384 g/mol. The van der Waals surface area contributed by atoms with Gasteiger partial charge in [0.05, 0.1) is 12.0 Å². The fourth-order valence-corrected chi connectivity index (χ4v) is 3.70. The van der Waals surface area contributed by atoms with Gasteiger partial charge in [-0.1, -0.05) is 0 Å². The molecule has 0 aliphatic carbocycles. The van der Waals surface area contributed by atoms with Gasteiger partial charge in [0.1, 0.15) is 5.58 Å². The standard InChI is InChI=1S/C20H20N2O6/c1-12-14-5-4-13(21-8-2-3-9-21)10-16(14)27-20(26)15(12)11-19(25)28-22-17(23)6-7-18(22)24/h4-5,10H,2-3,6-9,11H2,1H3. The second-order valence-electron chi connectivity index (χ2n) is 7.09. The second kappa shape index (κ2) is 7.10. The first kappa shape index (κ1) is 18.2. The quantitative estimate of drug-likeness (QED) is 0.586. The minimum Gasteiger partial charge on any atom is -0.422 e. The molecule has 8 heteroatoms. The number of anilines is 1. The van der Waals surface area contributed by atoms with Crippen LogP contribution in [0.1, 0.15) is 36.8 Å². The van der Waals surface area contributed by atoms with E-state index >= 15 is 0 Å². The van der Waals surface area contributed by atoms with Crippen molar-refractivity contribution in [3.8, 4) is 0 Å². The van der Waals surface area contributed by atoms with E-state index in [0.29, 0.717) is 16.2 Å². The first-order valence-electron chi connectivity index (χ1n) is 9.32. The predicted molar refractivity (Wildman–Crippen MR) is 99.6 cm³/mol. The first-order chi connectivity index (χ1) is 13.4. The van der Waals surface area contributed by atoms with Gasteiger partial charge in [0.15, 0.2) is 0 Å². The van der Waals surface area contributed by atoms with Crippen LogP contribution < -0.4 is 10.5 Å². The van der Waals surface area contributed by atoms with Crippen LogP contribution in [-0.2, 0) is 25.6 Å².